The molecule has 0 heterocycles. The van der Waals surface area contributed by atoms with Gasteiger partial charge in [-0.3, -0.25) is 4.79 Å². The predicted octanol–water partition coefficient (Wildman–Crippen LogP) is 8.86. The van der Waals surface area contributed by atoms with Crippen molar-refractivity contribution in [3.8, 4) is 23.0 Å². The molecule has 4 aromatic rings. The molecule has 0 unspecified atom stereocenters. The monoisotopic (exact) mass is 616 g/mol. The number of carbonyl (C=O) groups is 2. The van der Waals surface area contributed by atoms with Crippen LogP contribution >= 0.6 is 0 Å². The maximum absolute atomic E-state index is 14.7. The lowest BCUT2D eigenvalue weighted by Crippen LogP contribution is -2.55. The summed E-state index contributed by atoms with van der Waals surface area (Å²) in [4.78, 5) is 23.7. The largest absolute Gasteiger partial charge is 0.507 e. The second-order valence-electron chi connectivity index (χ2n) is 10.3. The number of hydrogen-bond donors (Lipinski definition) is 1. The van der Waals surface area contributed by atoms with Crippen molar-refractivity contribution in [3.05, 3.63) is 117 Å². The summed E-state index contributed by atoms with van der Waals surface area (Å²) >= 11 is 0. The quantitative estimate of drug-likeness (QED) is 0.0972. The van der Waals surface area contributed by atoms with E-state index >= 15 is 0 Å². The van der Waals surface area contributed by atoms with E-state index in [2.05, 4.69) is 0 Å². The van der Waals surface area contributed by atoms with E-state index in [0.717, 1.165) is 0 Å². The van der Waals surface area contributed by atoms with Crippen molar-refractivity contribution in [1.29, 1.82) is 0 Å². The molecule has 1 N–H and O–H groups in total. The van der Waals surface area contributed by atoms with Crippen LogP contribution in [-0.4, -0.2) is 29.7 Å². The molecular formula is C33H26F6O5. The number of rotatable bonds is 7. The molecule has 4 aromatic carbocycles. The number of hydrogen-bond acceptors (Lipinski definition) is 5. The third-order valence-electron chi connectivity index (χ3n) is 7.20. The van der Waals surface area contributed by atoms with Gasteiger partial charge in [-0.1, -0.05) is 24.3 Å². The molecule has 0 bridgehead atoms. The number of esters is 1. The molecule has 0 aliphatic carbocycles. The molecule has 11 heteroatoms. The van der Waals surface area contributed by atoms with Crippen LogP contribution in [0.1, 0.15) is 54.1 Å². The third-order valence-corrected chi connectivity index (χ3v) is 7.20. The Balaban J connectivity index is 1.69. The lowest BCUT2D eigenvalue weighted by atomic mass is 9.71. The SMILES string of the molecule is Cc1cc(C(c2cc(C)c(OC(=O)c3ccc(Oc4ccc(C=O)cc4)cc3)c(C)c2)(C(F)(F)F)C(F)(F)F)cc(C)c1O. The first-order chi connectivity index (χ1) is 20.5. The average molecular weight is 617 g/mol. The highest BCUT2D eigenvalue weighted by Gasteiger charge is 2.72. The Kier molecular flexibility index (Phi) is 8.55. The maximum Gasteiger partial charge on any atom is 0.411 e. The van der Waals surface area contributed by atoms with E-state index in [1.54, 1.807) is 24.3 Å². The topological polar surface area (TPSA) is 72.8 Å². The van der Waals surface area contributed by atoms with Crippen molar-refractivity contribution in [2.45, 2.75) is 45.5 Å². The summed E-state index contributed by atoms with van der Waals surface area (Å²) in [5.74, 6) is -0.704. The van der Waals surface area contributed by atoms with Gasteiger partial charge in [-0.25, -0.2) is 4.79 Å². The molecule has 0 saturated carbocycles. The Morgan fingerprint density at radius 3 is 1.50 bits per heavy atom. The first-order valence-electron chi connectivity index (χ1n) is 13.1. The summed E-state index contributed by atoms with van der Waals surface area (Å²) < 4.78 is 99.4. The van der Waals surface area contributed by atoms with Crippen molar-refractivity contribution in [2.75, 3.05) is 0 Å². The normalized spacial score (nSPS) is 12.1. The standard InChI is InChI=1S/C33H26F6O5/c1-18-13-24(14-19(2)28(18)41)31(32(34,35)36,33(37,38)39)25-15-20(3)29(21(4)16-25)44-30(42)23-7-11-27(12-8-23)43-26-9-5-22(17-40)6-10-26/h5-17,41H,1-4H3. The van der Waals surface area contributed by atoms with E-state index in [4.69, 9.17) is 9.47 Å². The Morgan fingerprint density at radius 2 is 1.09 bits per heavy atom. The van der Waals surface area contributed by atoms with Gasteiger partial charge in [0, 0.05) is 5.56 Å². The molecule has 44 heavy (non-hydrogen) atoms. The minimum Gasteiger partial charge on any atom is -0.507 e. The molecule has 0 amide bonds. The van der Waals surface area contributed by atoms with E-state index in [1.165, 1.54) is 52.0 Å². The molecule has 230 valence electrons. The van der Waals surface area contributed by atoms with E-state index < -0.39 is 40.6 Å². The van der Waals surface area contributed by atoms with E-state index in [1.807, 2.05) is 0 Å². The highest BCUT2D eigenvalue weighted by atomic mass is 19.4. The molecule has 0 spiro atoms. The zero-order valence-electron chi connectivity index (χ0n) is 23.9. The molecule has 0 aliphatic rings. The van der Waals surface area contributed by atoms with Crippen LogP contribution in [0.3, 0.4) is 0 Å². The van der Waals surface area contributed by atoms with Crippen LogP contribution in [0.5, 0.6) is 23.0 Å². The van der Waals surface area contributed by atoms with Crippen LogP contribution in [0.2, 0.25) is 0 Å². The van der Waals surface area contributed by atoms with Crippen molar-refractivity contribution in [2.24, 2.45) is 0 Å². The summed E-state index contributed by atoms with van der Waals surface area (Å²) in [5, 5.41) is 10.0. The molecule has 0 aromatic heterocycles. The molecule has 0 radical (unpaired) electrons. The number of aryl methyl sites for hydroxylation is 4. The Hall–Kier alpha value is -4.80. The van der Waals surface area contributed by atoms with Crippen LogP contribution in [-0.2, 0) is 5.41 Å². The van der Waals surface area contributed by atoms with Gasteiger partial charge in [0.15, 0.2) is 0 Å². The summed E-state index contributed by atoms with van der Waals surface area (Å²) in [6.07, 6.45) is -11.0. The molecule has 0 atom stereocenters. The molecule has 4 rings (SSSR count). The minimum atomic E-state index is -5.83. The number of carbonyl (C=O) groups excluding carboxylic acids is 2. The third kappa shape index (κ3) is 5.86. The van der Waals surface area contributed by atoms with Gasteiger partial charge in [-0.15, -0.1) is 0 Å². The number of aromatic hydroxyl groups is 1. The zero-order chi connectivity index (χ0) is 32.6. The summed E-state index contributed by atoms with van der Waals surface area (Å²) in [6, 6.07) is 14.7. The second kappa shape index (κ2) is 11.7. The van der Waals surface area contributed by atoms with Gasteiger partial charge in [0.2, 0.25) is 5.41 Å². The lowest BCUT2D eigenvalue weighted by molar-refractivity contribution is -0.288. The highest BCUT2D eigenvalue weighted by Crippen LogP contribution is 2.57. The van der Waals surface area contributed by atoms with Crippen LogP contribution in [0.4, 0.5) is 26.3 Å². The average Bonchev–Trinajstić information content (AvgIpc) is 2.93. The van der Waals surface area contributed by atoms with Crippen LogP contribution in [0.15, 0.2) is 72.8 Å². The van der Waals surface area contributed by atoms with Gasteiger partial charge in [0.1, 0.15) is 29.3 Å². The molecule has 5 nitrogen and oxygen atoms in total. The first-order valence-corrected chi connectivity index (χ1v) is 13.1. The summed E-state index contributed by atoms with van der Waals surface area (Å²) in [6.45, 7) is 4.92. The van der Waals surface area contributed by atoms with E-state index in [0.29, 0.717) is 47.6 Å². The van der Waals surface area contributed by atoms with Crippen molar-refractivity contribution in [1.82, 2.24) is 0 Å². The number of ether oxygens (including phenoxy) is 2. The van der Waals surface area contributed by atoms with Crippen LogP contribution in [0, 0.1) is 27.7 Å². The predicted molar refractivity (Wildman–Crippen MR) is 150 cm³/mol. The Morgan fingerprint density at radius 1 is 0.682 bits per heavy atom. The molecule has 0 saturated heterocycles. The first kappa shape index (κ1) is 32.1. The lowest BCUT2D eigenvalue weighted by Gasteiger charge is -2.39. The van der Waals surface area contributed by atoms with Crippen molar-refractivity contribution >= 4 is 12.3 Å². The van der Waals surface area contributed by atoms with Gasteiger partial charge < -0.3 is 14.6 Å². The van der Waals surface area contributed by atoms with Gasteiger partial charge in [-0.2, -0.15) is 26.3 Å². The summed E-state index contributed by atoms with van der Waals surface area (Å²) in [5.41, 5.74) is -6.70. The fraction of sp³-hybridized carbons (Fsp3) is 0.212. The summed E-state index contributed by atoms with van der Waals surface area (Å²) in [7, 11) is 0. The fourth-order valence-corrected chi connectivity index (χ4v) is 5.04. The van der Waals surface area contributed by atoms with Gasteiger partial charge >= 0.3 is 18.3 Å². The number of aldehydes is 1. The van der Waals surface area contributed by atoms with Gasteiger partial charge in [0.25, 0.3) is 0 Å². The number of alkyl halides is 6. The smallest absolute Gasteiger partial charge is 0.411 e. The van der Waals surface area contributed by atoms with Gasteiger partial charge in [-0.05, 0) is 110 Å². The minimum absolute atomic E-state index is 0.0477. The highest BCUT2D eigenvalue weighted by molar-refractivity contribution is 5.91. The second-order valence-corrected chi connectivity index (χ2v) is 10.3. The van der Waals surface area contributed by atoms with Crippen molar-refractivity contribution < 1.29 is 50.5 Å². The maximum atomic E-state index is 14.7. The number of halogens is 6. The van der Waals surface area contributed by atoms with E-state index in [9.17, 15) is 41.0 Å². The number of benzene rings is 4. The molecule has 0 aliphatic heterocycles. The molecular weight excluding hydrogens is 590 g/mol. The number of phenolic OH excluding ortho intramolecular Hbond substituents is 1. The Labute approximate surface area is 248 Å². The number of phenols is 1. The van der Waals surface area contributed by atoms with E-state index in [-0.39, 0.29) is 33.6 Å². The molecule has 0 fully saturated rings. The fourth-order valence-electron chi connectivity index (χ4n) is 5.04. The Bertz CT molecular complexity index is 1650. The van der Waals surface area contributed by atoms with Crippen molar-refractivity contribution in [3.63, 3.8) is 0 Å². The van der Waals surface area contributed by atoms with Gasteiger partial charge in [0.05, 0.1) is 5.56 Å². The zero-order valence-corrected chi connectivity index (χ0v) is 23.9. The van der Waals surface area contributed by atoms with Crippen LogP contribution in [0.25, 0.3) is 0 Å². The van der Waals surface area contributed by atoms with Crippen LogP contribution < -0.4 is 9.47 Å².